The largest absolute Gasteiger partial charge is 0.303 e. The Hall–Kier alpha value is -0.330. The Labute approximate surface area is 61.8 Å². The number of carbonyl (C=O) groups excluding carboxylic acids is 1. The van der Waals surface area contributed by atoms with Gasteiger partial charge in [-0.15, -0.1) is 0 Å². The van der Waals surface area contributed by atoms with Gasteiger partial charge in [0.25, 0.3) is 0 Å². The first kappa shape index (κ1) is 6.38. The van der Waals surface area contributed by atoms with Crippen molar-refractivity contribution < 1.29 is 4.79 Å². The molecule has 10 heavy (non-hydrogen) atoms. The molecule has 0 spiro atoms. The fourth-order valence-corrected chi connectivity index (χ4v) is 2.61. The number of hydrogen-bond acceptors (Lipinski definition) is 1. The predicted octanol–water partition coefficient (Wildman–Crippen LogP) is 1.87. The second-order valence-electron chi connectivity index (χ2n) is 3.98. The van der Waals surface area contributed by atoms with E-state index in [1.54, 1.807) is 0 Å². The zero-order valence-electron chi connectivity index (χ0n) is 6.42. The number of rotatable bonds is 1. The van der Waals surface area contributed by atoms with E-state index < -0.39 is 0 Å². The molecule has 0 aromatic heterocycles. The maximum absolute atomic E-state index is 10.4. The Morgan fingerprint density at radius 2 is 1.80 bits per heavy atom. The lowest BCUT2D eigenvalue weighted by Crippen LogP contribution is -2.42. The Balaban J connectivity index is 1.99. The van der Waals surface area contributed by atoms with Gasteiger partial charge in [-0.3, -0.25) is 0 Å². The number of carbonyl (C=O) groups is 1. The van der Waals surface area contributed by atoms with Gasteiger partial charge in [-0.2, -0.15) is 0 Å². The van der Waals surface area contributed by atoms with Crippen molar-refractivity contribution in [2.75, 3.05) is 0 Å². The lowest BCUT2D eigenvalue weighted by Gasteiger charge is -2.50. The molecule has 1 nitrogen and oxygen atoms in total. The quantitative estimate of drug-likeness (QED) is 0.505. The van der Waals surface area contributed by atoms with Crippen LogP contribution in [0.3, 0.4) is 0 Å². The molecule has 3 fully saturated rings. The summed E-state index contributed by atoms with van der Waals surface area (Å²) in [4.78, 5) is 10.4. The molecule has 0 amide bonds. The van der Waals surface area contributed by atoms with Crippen molar-refractivity contribution >= 4 is 6.29 Å². The normalized spacial score (nSPS) is 51.7. The van der Waals surface area contributed by atoms with Crippen LogP contribution < -0.4 is 0 Å². The Bertz CT molecular complexity index is 141. The summed E-state index contributed by atoms with van der Waals surface area (Å²) >= 11 is 0. The third-order valence-electron chi connectivity index (χ3n) is 3.50. The van der Waals surface area contributed by atoms with Crippen LogP contribution in [0.25, 0.3) is 0 Å². The van der Waals surface area contributed by atoms with Crippen molar-refractivity contribution in [2.24, 2.45) is 23.7 Å². The fraction of sp³-hybridized carbons (Fsp3) is 0.889. The molecule has 3 rings (SSSR count). The van der Waals surface area contributed by atoms with Crippen LogP contribution >= 0.6 is 0 Å². The lowest BCUT2D eigenvalue weighted by atomic mass is 9.55. The molecule has 0 saturated heterocycles. The van der Waals surface area contributed by atoms with Crippen molar-refractivity contribution in [1.29, 1.82) is 0 Å². The van der Waals surface area contributed by atoms with Crippen molar-refractivity contribution in [3.63, 3.8) is 0 Å². The molecular weight excluding hydrogens is 124 g/mol. The van der Waals surface area contributed by atoms with E-state index in [-0.39, 0.29) is 0 Å². The highest BCUT2D eigenvalue weighted by molar-refractivity contribution is 5.54. The topological polar surface area (TPSA) is 17.1 Å². The van der Waals surface area contributed by atoms with Gasteiger partial charge in [-0.25, -0.2) is 0 Å². The molecular formula is C9H14O. The summed E-state index contributed by atoms with van der Waals surface area (Å²) in [6.07, 6.45) is 4.93. The van der Waals surface area contributed by atoms with Gasteiger partial charge in [-0.05, 0) is 37.0 Å². The zero-order chi connectivity index (χ0) is 7.14. The van der Waals surface area contributed by atoms with E-state index in [0.29, 0.717) is 5.92 Å². The highest BCUT2D eigenvalue weighted by Crippen LogP contribution is 2.51. The first-order valence-corrected chi connectivity index (χ1v) is 4.26. The summed E-state index contributed by atoms with van der Waals surface area (Å²) in [5.41, 5.74) is 0. The Morgan fingerprint density at radius 3 is 2.20 bits per heavy atom. The van der Waals surface area contributed by atoms with Crippen LogP contribution in [0.5, 0.6) is 0 Å². The van der Waals surface area contributed by atoms with E-state index in [0.717, 1.165) is 24.0 Å². The Morgan fingerprint density at radius 1 is 1.20 bits per heavy atom. The summed E-state index contributed by atoms with van der Waals surface area (Å²) in [6, 6.07) is 0. The third kappa shape index (κ3) is 0.727. The van der Waals surface area contributed by atoms with Gasteiger partial charge in [0.15, 0.2) is 0 Å². The number of aldehydes is 1. The minimum Gasteiger partial charge on any atom is -0.303 e. The van der Waals surface area contributed by atoms with E-state index in [1.165, 1.54) is 19.3 Å². The molecule has 0 aliphatic heterocycles. The minimum atomic E-state index is 0.417. The molecule has 56 valence electrons. The van der Waals surface area contributed by atoms with Crippen LogP contribution in [0, 0.1) is 23.7 Å². The molecule has 2 unspecified atom stereocenters. The van der Waals surface area contributed by atoms with E-state index in [4.69, 9.17) is 0 Å². The molecule has 1 heteroatoms. The van der Waals surface area contributed by atoms with Crippen LogP contribution in [0.2, 0.25) is 0 Å². The van der Waals surface area contributed by atoms with Crippen LogP contribution in [-0.2, 0) is 4.79 Å². The van der Waals surface area contributed by atoms with Crippen molar-refractivity contribution in [3.8, 4) is 0 Å². The van der Waals surface area contributed by atoms with Crippen LogP contribution in [0.4, 0.5) is 0 Å². The molecule has 2 atom stereocenters. The average Bonchev–Trinajstić information content (AvgIpc) is 2.04. The van der Waals surface area contributed by atoms with Gasteiger partial charge < -0.3 is 4.79 Å². The van der Waals surface area contributed by atoms with Gasteiger partial charge in [0.2, 0.25) is 0 Å². The smallest absolute Gasteiger partial charge is 0.123 e. The Kier molecular flexibility index (Phi) is 1.33. The first-order valence-electron chi connectivity index (χ1n) is 4.26. The van der Waals surface area contributed by atoms with Crippen LogP contribution in [0.1, 0.15) is 26.2 Å². The molecule has 3 saturated carbocycles. The summed E-state index contributed by atoms with van der Waals surface area (Å²) in [6.45, 7) is 2.33. The van der Waals surface area contributed by atoms with E-state index >= 15 is 0 Å². The van der Waals surface area contributed by atoms with Gasteiger partial charge in [0.1, 0.15) is 6.29 Å². The average molecular weight is 138 g/mol. The number of fused-ring (bicyclic) bond motifs is 2. The van der Waals surface area contributed by atoms with Gasteiger partial charge in [0.05, 0.1) is 0 Å². The molecule has 2 bridgehead atoms. The molecule has 3 aliphatic rings. The minimum absolute atomic E-state index is 0.417. The summed E-state index contributed by atoms with van der Waals surface area (Å²) < 4.78 is 0. The van der Waals surface area contributed by atoms with Gasteiger partial charge in [0, 0.05) is 5.92 Å². The van der Waals surface area contributed by atoms with Crippen LogP contribution in [-0.4, -0.2) is 6.29 Å². The monoisotopic (exact) mass is 138 g/mol. The maximum atomic E-state index is 10.4. The molecule has 0 heterocycles. The molecule has 3 aliphatic carbocycles. The van der Waals surface area contributed by atoms with Crippen LogP contribution in [0.15, 0.2) is 0 Å². The molecule has 0 radical (unpaired) electrons. The summed E-state index contributed by atoms with van der Waals surface area (Å²) in [5.74, 6) is 3.14. The van der Waals surface area contributed by atoms with E-state index in [2.05, 4.69) is 6.92 Å². The van der Waals surface area contributed by atoms with Crippen molar-refractivity contribution in [2.45, 2.75) is 26.2 Å². The summed E-state index contributed by atoms with van der Waals surface area (Å²) in [7, 11) is 0. The summed E-state index contributed by atoms with van der Waals surface area (Å²) in [5, 5.41) is 0. The van der Waals surface area contributed by atoms with E-state index in [1.807, 2.05) is 0 Å². The van der Waals surface area contributed by atoms with E-state index in [9.17, 15) is 4.79 Å². The van der Waals surface area contributed by atoms with Gasteiger partial charge in [-0.1, -0.05) is 6.92 Å². The standard InChI is InChI=1S/C9H14O/c1-6-8-2-7(5-10)3-9(6)4-8/h5-9H,2-4H2,1H3. The molecule has 0 N–H and O–H groups in total. The zero-order valence-corrected chi connectivity index (χ0v) is 6.42. The predicted molar refractivity (Wildman–Crippen MR) is 39.5 cm³/mol. The lowest BCUT2D eigenvalue weighted by molar-refractivity contribution is -0.117. The highest BCUT2D eigenvalue weighted by Gasteiger charge is 2.44. The second-order valence-corrected chi connectivity index (χ2v) is 3.98. The second kappa shape index (κ2) is 2.08. The van der Waals surface area contributed by atoms with Gasteiger partial charge >= 0.3 is 0 Å². The van der Waals surface area contributed by atoms with Crippen molar-refractivity contribution in [1.82, 2.24) is 0 Å². The SMILES string of the molecule is CC1C2CC(C=O)CC1C2. The third-order valence-corrected chi connectivity index (χ3v) is 3.50. The fourth-order valence-electron chi connectivity index (χ4n) is 2.61. The van der Waals surface area contributed by atoms with Crippen molar-refractivity contribution in [3.05, 3.63) is 0 Å². The number of hydrogen-bond donors (Lipinski definition) is 0. The highest BCUT2D eigenvalue weighted by atomic mass is 16.1. The first-order chi connectivity index (χ1) is 4.81. The molecule has 0 aromatic rings. The molecule has 0 aromatic carbocycles. The maximum Gasteiger partial charge on any atom is 0.123 e.